The van der Waals surface area contributed by atoms with Gasteiger partial charge in [0.05, 0.1) is 17.2 Å². The van der Waals surface area contributed by atoms with Crippen molar-refractivity contribution in [2.75, 3.05) is 6.61 Å². The van der Waals surface area contributed by atoms with E-state index < -0.39 is 5.97 Å². The zero-order valence-electron chi connectivity index (χ0n) is 12.6. The fourth-order valence-corrected chi connectivity index (χ4v) is 2.83. The van der Waals surface area contributed by atoms with Crippen LogP contribution in [0, 0.1) is 0 Å². The van der Waals surface area contributed by atoms with Crippen LogP contribution in [0.1, 0.15) is 34.1 Å². The number of rotatable bonds is 6. The third-order valence-corrected chi connectivity index (χ3v) is 3.97. The van der Waals surface area contributed by atoms with Crippen molar-refractivity contribution in [1.82, 2.24) is 0 Å². The van der Waals surface area contributed by atoms with Gasteiger partial charge in [-0.1, -0.05) is 46.1 Å². The molecule has 0 N–H and O–H groups in total. The third kappa shape index (κ3) is 4.50. The average Bonchev–Trinajstić information content (AvgIpc) is 2.55. The minimum Gasteiger partial charge on any atom is -0.493 e. The van der Waals surface area contributed by atoms with Gasteiger partial charge < -0.3 is 9.47 Å². The summed E-state index contributed by atoms with van der Waals surface area (Å²) >= 11 is 15.2. The summed E-state index contributed by atoms with van der Waals surface area (Å²) in [6.45, 7) is 2.42. The van der Waals surface area contributed by atoms with E-state index in [1.54, 1.807) is 18.2 Å². The normalized spacial score (nSPS) is 10.3. The Morgan fingerprint density at radius 2 is 2.00 bits per heavy atom. The Labute approximate surface area is 157 Å². The van der Waals surface area contributed by atoms with Gasteiger partial charge in [-0.3, -0.25) is 4.79 Å². The van der Waals surface area contributed by atoms with Gasteiger partial charge in [-0.25, -0.2) is 4.79 Å². The predicted molar refractivity (Wildman–Crippen MR) is 96.7 cm³/mol. The second-order valence-corrected chi connectivity index (χ2v) is 6.56. The highest BCUT2D eigenvalue weighted by molar-refractivity contribution is 9.10. The van der Waals surface area contributed by atoms with Gasteiger partial charge in [-0.2, -0.15) is 0 Å². The number of aldehydes is 1. The number of carbonyl (C=O) groups is 2. The molecule has 0 unspecified atom stereocenters. The Morgan fingerprint density at radius 3 is 2.67 bits per heavy atom. The van der Waals surface area contributed by atoms with Crippen LogP contribution < -0.4 is 9.47 Å². The van der Waals surface area contributed by atoms with Gasteiger partial charge in [0.15, 0.2) is 12.0 Å². The predicted octanol–water partition coefficient (Wildman–Crippen LogP) is 5.58. The molecule has 0 atom stereocenters. The fraction of sp³-hybridized carbons (Fsp3) is 0.176. The van der Waals surface area contributed by atoms with Crippen molar-refractivity contribution in [3.63, 3.8) is 0 Å². The maximum atomic E-state index is 12.5. The number of esters is 1. The van der Waals surface area contributed by atoms with Gasteiger partial charge in [0, 0.05) is 9.50 Å². The fourth-order valence-electron chi connectivity index (χ4n) is 1.92. The van der Waals surface area contributed by atoms with E-state index in [1.807, 2.05) is 6.92 Å². The van der Waals surface area contributed by atoms with E-state index in [0.717, 1.165) is 6.42 Å². The number of hydrogen-bond acceptors (Lipinski definition) is 4. The molecule has 0 bridgehead atoms. The van der Waals surface area contributed by atoms with Crippen molar-refractivity contribution in [1.29, 1.82) is 0 Å². The molecule has 0 saturated carbocycles. The van der Waals surface area contributed by atoms with Crippen LogP contribution in [0.3, 0.4) is 0 Å². The number of halogens is 3. The first-order valence-corrected chi connectivity index (χ1v) is 8.60. The molecular formula is C17H13BrCl2O4. The van der Waals surface area contributed by atoms with Gasteiger partial charge in [-0.05, 0) is 36.8 Å². The van der Waals surface area contributed by atoms with Crippen LogP contribution >= 0.6 is 39.1 Å². The molecule has 0 aliphatic carbocycles. The lowest BCUT2D eigenvalue weighted by Gasteiger charge is -2.13. The highest BCUT2D eigenvalue weighted by Crippen LogP contribution is 2.33. The standard InChI is InChI=1S/C17H13BrCl2O4/c1-2-5-23-15-4-3-11(18)7-13(15)17(22)24-16-10(9-21)6-12(19)8-14(16)20/h3-4,6-9H,2,5H2,1H3. The van der Waals surface area contributed by atoms with Crippen molar-refractivity contribution >= 4 is 51.4 Å². The molecule has 0 spiro atoms. The first kappa shape index (κ1) is 18.8. The molecule has 4 nitrogen and oxygen atoms in total. The van der Waals surface area contributed by atoms with Crippen molar-refractivity contribution in [2.45, 2.75) is 13.3 Å². The smallest absolute Gasteiger partial charge is 0.347 e. The van der Waals surface area contributed by atoms with Crippen LogP contribution in [-0.2, 0) is 0 Å². The van der Waals surface area contributed by atoms with Crippen LogP contribution in [0.5, 0.6) is 11.5 Å². The molecule has 0 amide bonds. The Kier molecular flexibility index (Phi) is 6.66. The van der Waals surface area contributed by atoms with E-state index in [2.05, 4.69) is 15.9 Å². The van der Waals surface area contributed by atoms with Gasteiger partial charge in [0.2, 0.25) is 0 Å². The molecule has 24 heavy (non-hydrogen) atoms. The van der Waals surface area contributed by atoms with E-state index in [-0.39, 0.29) is 26.9 Å². The third-order valence-electron chi connectivity index (χ3n) is 2.98. The lowest BCUT2D eigenvalue weighted by Crippen LogP contribution is -2.12. The second-order valence-electron chi connectivity index (χ2n) is 4.80. The Bertz CT molecular complexity index is 777. The molecule has 2 rings (SSSR count). The monoisotopic (exact) mass is 430 g/mol. The van der Waals surface area contributed by atoms with E-state index in [4.69, 9.17) is 32.7 Å². The average molecular weight is 432 g/mol. The summed E-state index contributed by atoms with van der Waals surface area (Å²) in [5, 5.41) is 0.347. The first-order chi connectivity index (χ1) is 11.5. The van der Waals surface area contributed by atoms with Gasteiger partial charge in [-0.15, -0.1) is 0 Å². The molecule has 0 aliphatic heterocycles. The molecule has 2 aromatic carbocycles. The highest BCUT2D eigenvalue weighted by atomic mass is 79.9. The Morgan fingerprint density at radius 1 is 1.25 bits per heavy atom. The van der Waals surface area contributed by atoms with Crippen LogP contribution in [0.4, 0.5) is 0 Å². The summed E-state index contributed by atoms with van der Waals surface area (Å²) in [6.07, 6.45) is 1.32. The maximum Gasteiger partial charge on any atom is 0.347 e. The number of benzene rings is 2. The number of hydrogen-bond donors (Lipinski definition) is 0. The molecule has 0 fully saturated rings. The molecule has 0 aliphatic rings. The molecule has 0 radical (unpaired) electrons. The van der Waals surface area contributed by atoms with E-state index in [9.17, 15) is 9.59 Å². The highest BCUT2D eigenvalue weighted by Gasteiger charge is 2.19. The van der Waals surface area contributed by atoms with Crippen LogP contribution in [-0.4, -0.2) is 18.9 Å². The summed E-state index contributed by atoms with van der Waals surface area (Å²) < 4.78 is 11.6. The maximum absolute atomic E-state index is 12.5. The summed E-state index contributed by atoms with van der Waals surface area (Å²) in [5.41, 5.74) is 0.313. The topological polar surface area (TPSA) is 52.6 Å². The summed E-state index contributed by atoms with van der Waals surface area (Å²) in [7, 11) is 0. The molecule has 2 aromatic rings. The molecule has 0 aromatic heterocycles. The SMILES string of the molecule is CCCOc1ccc(Br)cc1C(=O)Oc1c(Cl)cc(Cl)cc1C=O. The molecule has 126 valence electrons. The first-order valence-electron chi connectivity index (χ1n) is 7.05. The van der Waals surface area contributed by atoms with E-state index in [0.29, 0.717) is 23.1 Å². The van der Waals surface area contributed by atoms with Gasteiger partial charge in [0.25, 0.3) is 0 Å². The summed E-state index contributed by atoms with van der Waals surface area (Å²) in [6, 6.07) is 7.78. The van der Waals surface area contributed by atoms with Crippen molar-refractivity contribution in [3.8, 4) is 11.5 Å². The lowest BCUT2D eigenvalue weighted by molar-refractivity contribution is 0.0729. The van der Waals surface area contributed by atoms with Gasteiger partial charge >= 0.3 is 5.97 Å². The number of carbonyl (C=O) groups excluding carboxylic acids is 2. The Hall–Kier alpha value is -1.56. The quantitative estimate of drug-likeness (QED) is 0.340. The van der Waals surface area contributed by atoms with Crippen molar-refractivity contribution < 1.29 is 19.1 Å². The zero-order chi connectivity index (χ0) is 17.7. The molecule has 0 saturated heterocycles. The molecule has 0 heterocycles. The largest absolute Gasteiger partial charge is 0.493 e. The van der Waals surface area contributed by atoms with E-state index in [1.165, 1.54) is 12.1 Å². The Balaban J connectivity index is 2.37. The lowest BCUT2D eigenvalue weighted by atomic mass is 10.2. The van der Waals surface area contributed by atoms with Crippen molar-refractivity contribution in [3.05, 3.63) is 56.0 Å². The minimum absolute atomic E-state index is 0.0394. The van der Waals surface area contributed by atoms with Crippen LogP contribution in [0.2, 0.25) is 10.0 Å². The van der Waals surface area contributed by atoms with Gasteiger partial charge in [0.1, 0.15) is 11.3 Å². The van der Waals surface area contributed by atoms with Crippen LogP contribution in [0.15, 0.2) is 34.8 Å². The molecular weight excluding hydrogens is 419 g/mol. The van der Waals surface area contributed by atoms with Crippen LogP contribution in [0.25, 0.3) is 0 Å². The summed E-state index contributed by atoms with van der Waals surface area (Å²) in [5.74, 6) is -0.333. The van der Waals surface area contributed by atoms with E-state index >= 15 is 0 Å². The zero-order valence-corrected chi connectivity index (χ0v) is 15.7. The second kappa shape index (κ2) is 8.51. The molecule has 7 heteroatoms. The number of ether oxygens (including phenoxy) is 2. The minimum atomic E-state index is -0.685. The van der Waals surface area contributed by atoms with Crippen molar-refractivity contribution in [2.24, 2.45) is 0 Å². The summed E-state index contributed by atoms with van der Waals surface area (Å²) in [4.78, 5) is 23.7.